The summed E-state index contributed by atoms with van der Waals surface area (Å²) in [6.45, 7) is 3.59. The number of nitrogens with two attached hydrogens (primary N) is 1. The van der Waals surface area contributed by atoms with E-state index in [2.05, 4.69) is 70.0 Å². The van der Waals surface area contributed by atoms with Gasteiger partial charge in [0, 0.05) is 81.5 Å². The topological polar surface area (TPSA) is 448 Å². The number of fused-ring (bicyclic) bond motifs is 2. The van der Waals surface area contributed by atoms with E-state index in [-0.39, 0.29) is 53.0 Å². The molecule has 0 radical (unpaired) electrons. The van der Waals surface area contributed by atoms with Crippen molar-refractivity contribution >= 4 is 71.0 Å². The molecule has 5 fully saturated rings. The molecule has 5 aliphatic rings. The number of phenols is 1. The van der Waals surface area contributed by atoms with Gasteiger partial charge in [0.15, 0.2) is 11.5 Å². The number of piperazine rings is 1. The van der Waals surface area contributed by atoms with E-state index >= 15 is 0 Å². The maximum absolute atomic E-state index is 14.7. The van der Waals surface area contributed by atoms with Crippen LogP contribution in [0.3, 0.4) is 0 Å². The Hall–Kier alpha value is -6.43. The fraction of sp³-hybridized carbons (Fsp3) is 0.552. The number of carbonyl (C=O) groups excluding carboxylic acids is 8. The predicted molar refractivity (Wildman–Crippen MR) is 312 cm³/mol. The molecule has 15 N–H and O–H groups in total. The summed E-state index contributed by atoms with van der Waals surface area (Å²) in [5, 5.41) is 116. The zero-order chi connectivity index (χ0) is 64.4. The second kappa shape index (κ2) is 32.2. The van der Waals surface area contributed by atoms with Crippen LogP contribution in [0.1, 0.15) is 98.7 Å². The zero-order valence-corrected chi connectivity index (χ0v) is 52.7. The predicted octanol–water partition coefficient (Wildman–Crippen LogP) is -6.75. The number of aromatic hydroxyl groups is 1. The average Bonchev–Trinajstić information content (AvgIpc) is 1.71. The summed E-state index contributed by atoms with van der Waals surface area (Å²) in [6.07, 6.45) is -9.79. The van der Waals surface area contributed by atoms with Gasteiger partial charge in [-0.3, -0.25) is 43.4 Å². The Morgan fingerprint density at radius 1 is 0.744 bits per heavy atom. The molecule has 4 heterocycles. The third kappa shape index (κ3) is 17.4. The van der Waals surface area contributed by atoms with Crippen molar-refractivity contribution in [3.8, 4) is 11.5 Å². The number of hydrogen-bond donors (Lipinski definition) is 14. The molecular formula is C58H77N10NaO20S. The SMILES string of the molecule is CC(O)C1NC(=O)C(NC(=O)c2ccc(N3CCN(c4ccc(C5CCCCC5)cc4)CC3)cc2)CC(O)CNC(=O)C2C(O)C(C)CN2C(=O)C(C(O)CC(N)=O)NC(=O)C(C(O)C(O)c2ccc(O)c(OSOO[O-])c2)NC(=O)C2CC(O)CN2C1=O.[Na+]. The Labute approximate surface area is 544 Å². The standard InChI is InChI=1S/C58H78N10O20S.Na/c1-29-27-68-48(49(29)75)56(82)60-26-37(70)23-39(61-52(78)33-10-15-36(16-11-33)66-20-18-65(19-21-66)35-13-8-32(9-14-35)31-6-4-3-5-7-31)53(79)62-45(30(2)69)57(83)67-28-38(71)24-40(67)54(80)64-47(55(81)63-46(58(68)84)42(73)25-44(59)74)51(77)50(76)34-12-17-41(72)43(22-34)86-89-88-87-85;/h8-17,22,29-31,37-40,42,45-51,69-73,75-77,85H,3-7,18-21,23-28H2,1-2H3,(H2,59,74)(H,60,82)(H,61,78)(H,62,79)(H,63,81)(H,64,80);/q;+1/p-1. The number of nitrogens with one attached hydrogen (secondary N) is 5. The number of primary amides is 1. The van der Waals surface area contributed by atoms with Gasteiger partial charge in [0.05, 0.1) is 36.9 Å². The number of aliphatic hydroxyl groups excluding tert-OH is 7. The van der Waals surface area contributed by atoms with Crippen LogP contribution in [0.4, 0.5) is 11.4 Å². The number of anilines is 2. The van der Waals surface area contributed by atoms with Gasteiger partial charge < -0.3 is 102 Å². The van der Waals surface area contributed by atoms with Crippen molar-refractivity contribution in [2.24, 2.45) is 11.7 Å². The van der Waals surface area contributed by atoms with Crippen molar-refractivity contribution in [1.29, 1.82) is 0 Å². The van der Waals surface area contributed by atoms with E-state index in [9.17, 15) is 84.5 Å². The Kier molecular flexibility index (Phi) is 25.4. The maximum atomic E-state index is 14.7. The summed E-state index contributed by atoms with van der Waals surface area (Å²) < 4.78 is 9.06. The first kappa shape index (κ1) is 71.0. The number of hydrogen-bond acceptors (Lipinski definition) is 23. The van der Waals surface area contributed by atoms with Crippen molar-refractivity contribution < 1.29 is 128 Å². The molecule has 4 aliphatic heterocycles. The first-order valence-electron chi connectivity index (χ1n) is 29.4. The van der Waals surface area contributed by atoms with Crippen molar-refractivity contribution in [2.75, 3.05) is 55.6 Å². The van der Waals surface area contributed by atoms with Crippen LogP contribution < -0.4 is 81.1 Å². The molecule has 8 amide bonds. The monoisotopic (exact) mass is 1290 g/mol. The van der Waals surface area contributed by atoms with Gasteiger partial charge in [-0.15, -0.1) is 4.33 Å². The molecule has 32 heteroatoms. The van der Waals surface area contributed by atoms with Crippen LogP contribution in [0.15, 0.2) is 66.7 Å². The van der Waals surface area contributed by atoms with Crippen LogP contribution in [-0.4, -0.2) is 217 Å². The van der Waals surface area contributed by atoms with Gasteiger partial charge in [0.1, 0.15) is 48.5 Å². The van der Waals surface area contributed by atoms with Gasteiger partial charge in [0.25, 0.3) is 18.2 Å². The summed E-state index contributed by atoms with van der Waals surface area (Å²) in [7, 11) is 0. The first-order valence-corrected chi connectivity index (χ1v) is 30.1. The van der Waals surface area contributed by atoms with Gasteiger partial charge in [-0.1, -0.05) is 44.4 Å². The molecule has 90 heavy (non-hydrogen) atoms. The van der Waals surface area contributed by atoms with Crippen LogP contribution >= 0.6 is 12.3 Å². The molecule has 14 unspecified atom stereocenters. The van der Waals surface area contributed by atoms with Crippen molar-refractivity contribution in [3.63, 3.8) is 0 Å². The van der Waals surface area contributed by atoms with Gasteiger partial charge in [-0.05, 0) is 85.3 Å². The molecule has 30 nitrogen and oxygen atoms in total. The second-order valence-electron chi connectivity index (χ2n) is 23.3. The van der Waals surface area contributed by atoms with E-state index in [0.29, 0.717) is 19.0 Å². The molecule has 1 saturated carbocycles. The quantitative estimate of drug-likeness (QED) is 0.0208. The average molecular weight is 1290 g/mol. The molecule has 3 aromatic carbocycles. The number of phenolic OH excluding ortho intramolecular Hbond substituents is 1. The molecule has 3 aromatic rings. The fourth-order valence-electron chi connectivity index (χ4n) is 12.1. The van der Waals surface area contributed by atoms with E-state index in [1.807, 2.05) is 0 Å². The van der Waals surface area contributed by atoms with E-state index < -0.39 is 183 Å². The van der Waals surface area contributed by atoms with Crippen LogP contribution in [-0.2, 0) is 42.9 Å². The molecular weight excluding hydrogens is 1210 g/mol. The van der Waals surface area contributed by atoms with E-state index in [4.69, 9.17) is 9.92 Å². The van der Waals surface area contributed by atoms with E-state index in [1.54, 1.807) is 12.1 Å². The summed E-state index contributed by atoms with van der Waals surface area (Å²) >= 11 is -0.0791. The minimum Gasteiger partial charge on any atom is -0.691 e. The van der Waals surface area contributed by atoms with Crippen LogP contribution in [0, 0.1) is 5.92 Å². The maximum Gasteiger partial charge on any atom is 1.00 e. The molecule has 0 spiro atoms. The van der Waals surface area contributed by atoms with Gasteiger partial charge in [-0.2, -0.15) is 0 Å². The third-order valence-corrected chi connectivity index (χ3v) is 17.4. The Balaban J connectivity index is 0.0000115. The summed E-state index contributed by atoms with van der Waals surface area (Å²) in [6, 6.07) is 6.09. The number of amides is 8. The molecule has 1 aliphatic carbocycles. The minimum absolute atomic E-state index is 0. The Morgan fingerprint density at radius 3 is 1.96 bits per heavy atom. The van der Waals surface area contributed by atoms with Crippen LogP contribution in [0.5, 0.6) is 11.5 Å². The van der Waals surface area contributed by atoms with E-state index in [1.165, 1.54) is 56.7 Å². The van der Waals surface area contributed by atoms with Crippen LogP contribution in [0.25, 0.3) is 0 Å². The van der Waals surface area contributed by atoms with E-state index in [0.717, 1.165) is 59.4 Å². The molecule has 4 saturated heterocycles. The molecule has 8 rings (SSSR count). The fourth-order valence-corrected chi connectivity index (χ4v) is 12.4. The number of rotatable bonds is 16. The van der Waals surface area contributed by atoms with Gasteiger partial charge >= 0.3 is 29.6 Å². The number of carbonyl (C=O) groups is 8. The Bertz CT molecular complexity index is 3000. The number of benzene rings is 3. The van der Waals surface area contributed by atoms with Crippen molar-refractivity contribution in [1.82, 2.24) is 36.4 Å². The van der Waals surface area contributed by atoms with Crippen molar-refractivity contribution in [3.05, 3.63) is 83.4 Å². The molecule has 14 atom stereocenters. The number of β-amino-alcohol motifs (C(OH)–C–C–N with tert-alkyl or cyclic N) is 1. The van der Waals surface area contributed by atoms with Crippen LogP contribution in [0.2, 0.25) is 0 Å². The number of nitrogens with zero attached hydrogens (tertiary/aromatic N) is 4. The normalized spacial score (nSPS) is 27.5. The molecule has 0 aromatic heterocycles. The minimum atomic E-state index is -2.53. The largest absolute Gasteiger partial charge is 1.00 e. The molecule has 486 valence electrons. The smallest absolute Gasteiger partial charge is 0.691 e. The summed E-state index contributed by atoms with van der Waals surface area (Å²) in [4.78, 5) is 120. The van der Waals surface area contributed by atoms with Gasteiger partial charge in [0.2, 0.25) is 41.4 Å². The summed E-state index contributed by atoms with van der Waals surface area (Å²) in [5.41, 5.74) is 8.43. The first-order chi connectivity index (χ1) is 42.4. The second-order valence-corrected chi connectivity index (χ2v) is 23.7. The zero-order valence-electron chi connectivity index (χ0n) is 49.9. The van der Waals surface area contributed by atoms with Crippen molar-refractivity contribution in [2.45, 2.75) is 150 Å². The number of aliphatic hydroxyl groups is 7. The Morgan fingerprint density at radius 2 is 1.34 bits per heavy atom. The molecule has 0 bridgehead atoms. The van der Waals surface area contributed by atoms with Gasteiger partial charge in [-0.25, -0.2) is 0 Å². The summed E-state index contributed by atoms with van der Waals surface area (Å²) in [5.74, 6) is -11.2. The third-order valence-electron chi connectivity index (χ3n) is 17.0.